The van der Waals surface area contributed by atoms with E-state index in [4.69, 9.17) is 18.5 Å². The summed E-state index contributed by atoms with van der Waals surface area (Å²) in [7, 11) is 1.13. The Labute approximate surface area is 367 Å². The maximum Gasteiger partial charge on any atom is 0.306 e. The van der Waals surface area contributed by atoms with Crippen LogP contribution in [0.4, 0.5) is 0 Å². The standard InChI is InChI=1S/C50H86NO8P/c1-6-8-10-12-14-16-18-20-21-22-23-24-25-26-27-28-29-31-33-35-37-39-41-43-50(53)59-48(47-58-60(54,55)57-45-44-51(3,4)5)46-56-49(52)42-40-38-36-34-32-30-19-17-15-13-11-9-7-2/h8,10-11,13-14,16-17,19-21,23-24,26-27,48H,6-7,9,12,15,18,22,25,28-47H2,1-5H3/b10-8-,13-11-,16-14-,19-17-,21-20-,24-23-,27-26-. The molecule has 0 aromatic carbocycles. The van der Waals surface area contributed by atoms with Gasteiger partial charge in [0.1, 0.15) is 19.8 Å². The van der Waals surface area contributed by atoms with Gasteiger partial charge in [0.2, 0.25) is 0 Å². The van der Waals surface area contributed by atoms with Crippen LogP contribution in [-0.4, -0.2) is 70.0 Å². The number of hydrogen-bond donors (Lipinski definition) is 0. The fourth-order valence-corrected chi connectivity index (χ4v) is 6.51. The maximum absolute atomic E-state index is 12.7. The van der Waals surface area contributed by atoms with E-state index in [2.05, 4.69) is 98.9 Å². The summed E-state index contributed by atoms with van der Waals surface area (Å²) in [6.07, 6.45) is 53.2. The summed E-state index contributed by atoms with van der Waals surface area (Å²) in [4.78, 5) is 37.6. The number of likely N-dealkylation sites (N-methyl/N-ethyl adjacent to an activating group) is 1. The zero-order valence-electron chi connectivity index (χ0n) is 38.6. The zero-order valence-corrected chi connectivity index (χ0v) is 39.5. The second kappa shape index (κ2) is 41.5. The molecule has 2 atom stereocenters. The van der Waals surface area contributed by atoms with Crippen LogP contribution in [-0.2, 0) is 32.7 Å². The number of nitrogens with zero attached hydrogens (tertiary/aromatic N) is 1. The minimum atomic E-state index is -4.64. The van der Waals surface area contributed by atoms with Crippen LogP contribution in [0.1, 0.15) is 168 Å². The average molecular weight is 860 g/mol. The number of allylic oxidation sites excluding steroid dienone is 14. The van der Waals surface area contributed by atoms with E-state index in [9.17, 15) is 19.0 Å². The van der Waals surface area contributed by atoms with Crippen LogP contribution in [0.15, 0.2) is 85.1 Å². The van der Waals surface area contributed by atoms with Gasteiger partial charge in [-0.15, -0.1) is 0 Å². The van der Waals surface area contributed by atoms with Crippen molar-refractivity contribution in [3.63, 3.8) is 0 Å². The number of esters is 2. The highest BCUT2D eigenvalue weighted by Crippen LogP contribution is 2.38. The molecule has 9 nitrogen and oxygen atoms in total. The van der Waals surface area contributed by atoms with Crippen molar-refractivity contribution in [2.24, 2.45) is 0 Å². The third-order valence-electron chi connectivity index (χ3n) is 9.38. The quantitative estimate of drug-likeness (QED) is 0.0196. The maximum atomic E-state index is 12.7. The predicted octanol–water partition coefficient (Wildman–Crippen LogP) is 12.9. The van der Waals surface area contributed by atoms with Crippen molar-refractivity contribution in [2.45, 2.75) is 174 Å². The zero-order chi connectivity index (χ0) is 44.3. The van der Waals surface area contributed by atoms with Crippen LogP contribution in [0.25, 0.3) is 0 Å². The molecule has 0 heterocycles. The third kappa shape index (κ3) is 44.7. The van der Waals surface area contributed by atoms with Gasteiger partial charge in [0.25, 0.3) is 7.82 Å². The minimum absolute atomic E-state index is 0.0402. The molecule has 10 heteroatoms. The highest BCUT2D eigenvalue weighted by molar-refractivity contribution is 7.45. The number of carbonyl (C=O) groups excluding carboxylic acids is 2. The molecule has 0 spiro atoms. The van der Waals surface area contributed by atoms with Gasteiger partial charge in [-0.1, -0.05) is 157 Å². The monoisotopic (exact) mass is 860 g/mol. The van der Waals surface area contributed by atoms with Crippen molar-refractivity contribution in [1.82, 2.24) is 0 Å². The molecule has 0 saturated carbocycles. The molecule has 2 unspecified atom stereocenters. The SMILES string of the molecule is CC/C=C\C/C=C\C/C=C\C/C=C\C/C=C\CCCCCCCCCC(=O)OC(COC(=O)CCCCCCC/C=C\C/C=C\CCC)COP(=O)([O-])OCC[N+](C)(C)C. The summed E-state index contributed by atoms with van der Waals surface area (Å²) < 4.78 is 33.9. The third-order valence-corrected chi connectivity index (χ3v) is 10.3. The molecule has 0 aromatic heterocycles. The Bertz CT molecular complexity index is 1290. The first-order valence-corrected chi connectivity index (χ1v) is 24.8. The van der Waals surface area contributed by atoms with Crippen molar-refractivity contribution < 1.29 is 42.1 Å². The second-order valence-electron chi connectivity index (χ2n) is 16.4. The molecule has 0 N–H and O–H groups in total. The molecule has 0 fully saturated rings. The van der Waals surface area contributed by atoms with Crippen molar-refractivity contribution in [1.29, 1.82) is 0 Å². The van der Waals surface area contributed by atoms with Crippen molar-refractivity contribution >= 4 is 19.8 Å². The van der Waals surface area contributed by atoms with E-state index in [1.54, 1.807) is 0 Å². The summed E-state index contributed by atoms with van der Waals surface area (Å²) in [5.41, 5.74) is 0. The molecule has 0 amide bonds. The number of unbranched alkanes of at least 4 members (excludes halogenated alkanes) is 13. The molecular formula is C50H86NO8P. The van der Waals surface area contributed by atoms with Crippen molar-refractivity contribution in [2.75, 3.05) is 47.5 Å². The van der Waals surface area contributed by atoms with E-state index in [0.717, 1.165) is 103 Å². The summed E-state index contributed by atoms with van der Waals surface area (Å²) in [6, 6.07) is 0. The molecule has 344 valence electrons. The minimum Gasteiger partial charge on any atom is -0.756 e. The summed E-state index contributed by atoms with van der Waals surface area (Å²) in [5, 5.41) is 0. The molecule has 0 aliphatic carbocycles. The van der Waals surface area contributed by atoms with E-state index in [-0.39, 0.29) is 26.1 Å². The molecule has 0 aliphatic heterocycles. The lowest BCUT2D eigenvalue weighted by molar-refractivity contribution is -0.870. The van der Waals surface area contributed by atoms with Crippen molar-refractivity contribution in [3.05, 3.63) is 85.1 Å². The van der Waals surface area contributed by atoms with Gasteiger partial charge < -0.3 is 27.9 Å². The lowest BCUT2D eigenvalue weighted by atomic mass is 10.1. The number of ether oxygens (including phenoxy) is 2. The predicted molar refractivity (Wildman–Crippen MR) is 249 cm³/mol. The first kappa shape index (κ1) is 57.2. The topological polar surface area (TPSA) is 111 Å². The first-order chi connectivity index (χ1) is 29.0. The Hall–Kier alpha value is -2.81. The number of phosphoric ester groups is 1. The molecular weight excluding hydrogens is 774 g/mol. The van der Waals surface area contributed by atoms with Gasteiger partial charge in [-0.25, -0.2) is 0 Å². The second-order valence-corrected chi connectivity index (χ2v) is 17.8. The number of quaternary nitrogens is 1. The highest BCUT2D eigenvalue weighted by atomic mass is 31.2. The Morgan fingerprint density at radius 2 is 0.950 bits per heavy atom. The smallest absolute Gasteiger partial charge is 0.306 e. The normalized spacial score (nSPS) is 14.3. The van der Waals surface area contributed by atoms with Crippen LogP contribution in [0, 0.1) is 0 Å². The van der Waals surface area contributed by atoms with Gasteiger partial charge in [-0.05, 0) is 83.5 Å². The van der Waals surface area contributed by atoms with E-state index in [1.807, 2.05) is 21.1 Å². The van der Waals surface area contributed by atoms with Crippen LogP contribution < -0.4 is 4.89 Å². The number of carbonyl (C=O) groups is 2. The van der Waals surface area contributed by atoms with Crippen LogP contribution in [0.5, 0.6) is 0 Å². The van der Waals surface area contributed by atoms with Gasteiger partial charge in [0.15, 0.2) is 6.10 Å². The Morgan fingerprint density at radius 3 is 1.42 bits per heavy atom. The Morgan fingerprint density at radius 1 is 0.533 bits per heavy atom. The van der Waals surface area contributed by atoms with Crippen LogP contribution >= 0.6 is 7.82 Å². The lowest BCUT2D eigenvalue weighted by Crippen LogP contribution is -2.37. The van der Waals surface area contributed by atoms with E-state index < -0.39 is 32.5 Å². The van der Waals surface area contributed by atoms with Gasteiger partial charge in [0.05, 0.1) is 27.7 Å². The van der Waals surface area contributed by atoms with Gasteiger partial charge in [-0.2, -0.15) is 0 Å². The fourth-order valence-electron chi connectivity index (χ4n) is 5.78. The Kier molecular flexibility index (Phi) is 39.6. The van der Waals surface area contributed by atoms with Crippen LogP contribution in [0.2, 0.25) is 0 Å². The molecule has 0 saturated heterocycles. The van der Waals surface area contributed by atoms with Gasteiger partial charge in [-0.3, -0.25) is 14.2 Å². The average Bonchev–Trinajstić information content (AvgIpc) is 3.20. The van der Waals surface area contributed by atoms with E-state index >= 15 is 0 Å². The molecule has 0 aromatic rings. The largest absolute Gasteiger partial charge is 0.756 e. The van der Waals surface area contributed by atoms with Gasteiger partial charge in [0, 0.05) is 12.8 Å². The molecule has 0 rings (SSSR count). The first-order valence-electron chi connectivity index (χ1n) is 23.3. The molecule has 60 heavy (non-hydrogen) atoms. The van der Waals surface area contributed by atoms with E-state index in [1.165, 1.54) is 25.7 Å². The number of rotatable bonds is 41. The van der Waals surface area contributed by atoms with Gasteiger partial charge >= 0.3 is 11.9 Å². The van der Waals surface area contributed by atoms with Crippen LogP contribution in [0.3, 0.4) is 0 Å². The van der Waals surface area contributed by atoms with Crippen molar-refractivity contribution in [3.8, 4) is 0 Å². The summed E-state index contributed by atoms with van der Waals surface area (Å²) in [5.74, 6) is -0.872. The Balaban J connectivity index is 4.34. The lowest BCUT2D eigenvalue weighted by Gasteiger charge is -2.28. The number of hydrogen-bond acceptors (Lipinski definition) is 8. The molecule has 0 aliphatic rings. The fraction of sp³-hybridized carbons (Fsp3) is 0.680. The van der Waals surface area contributed by atoms with E-state index in [0.29, 0.717) is 23.9 Å². The molecule has 0 radical (unpaired) electrons. The number of phosphoric acid groups is 1. The highest BCUT2D eigenvalue weighted by Gasteiger charge is 2.21. The molecule has 0 bridgehead atoms. The summed E-state index contributed by atoms with van der Waals surface area (Å²) in [6.45, 7) is 4.00. The summed E-state index contributed by atoms with van der Waals surface area (Å²) >= 11 is 0.